The van der Waals surface area contributed by atoms with E-state index in [0.717, 1.165) is 6.29 Å². The van der Waals surface area contributed by atoms with Gasteiger partial charge in [0.2, 0.25) is 8.32 Å². The molecule has 0 saturated carbocycles. The van der Waals surface area contributed by atoms with Crippen molar-refractivity contribution >= 4 is 20.6 Å². The van der Waals surface area contributed by atoms with Gasteiger partial charge in [0.1, 0.15) is 6.29 Å². The summed E-state index contributed by atoms with van der Waals surface area (Å²) >= 11 is 0. The van der Waals surface area contributed by atoms with Gasteiger partial charge in [0.05, 0.1) is 31.8 Å². The first-order valence-electron chi connectivity index (χ1n) is 9.93. The van der Waals surface area contributed by atoms with Crippen LogP contribution in [-0.2, 0) is 23.5 Å². The Labute approximate surface area is 160 Å². The van der Waals surface area contributed by atoms with Crippen LogP contribution >= 0.6 is 0 Å². The van der Waals surface area contributed by atoms with Crippen molar-refractivity contribution in [2.45, 2.75) is 103 Å². The van der Waals surface area contributed by atoms with Crippen molar-refractivity contribution < 1.29 is 23.5 Å². The Balaban J connectivity index is 3.12. The highest BCUT2D eigenvalue weighted by Gasteiger charge is 2.49. The molecule has 1 heterocycles. The van der Waals surface area contributed by atoms with Crippen LogP contribution in [0.1, 0.15) is 67.7 Å². The lowest BCUT2D eigenvalue weighted by Crippen LogP contribution is -2.55. The predicted octanol–water partition coefficient (Wildman–Crippen LogP) is 4.49. The fourth-order valence-corrected chi connectivity index (χ4v) is 10.4. The summed E-state index contributed by atoms with van der Waals surface area (Å²) in [6.07, 6.45) is 1.67. The van der Waals surface area contributed by atoms with E-state index in [2.05, 4.69) is 48.5 Å². The van der Waals surface area contributed by atoms with Crippen molar-refractivity contribution in [3.8, 4) is 0 Å². The standard InChI is InChI=1S/C20H38O5Si/c1-13(2)26(14(3)4,15(5)6)25-19-11-17(9-10-21)24-18(16(19)7)12-20(22)23-8/h10,13-19H,9,11-12H2,1-8H3/t16-,17+,18-,19-/m1/s1. The molecule has 0 unspecified atom stereocenters. The molecule has 1 aliphatic rings. The van der Waals surface area contributed by atoms with Crippen molar-refractivity contribution in [3.05, 3.63) is 0 Å². The van der Waals surface area contributed by atoms with Crippen LogP contribution in [0.2, 0.25) is 16.6 Å². The van der Waals surface area contributed by atoms with Gasteiger partial charge in [-0.05, 0) is 23.0 Å². The summed E-state index contributed by atoms with van der Waals surface area (Å²) in [5.74, 6) is -0.201. The van der Waals surface area contributed by atoms with Gasteiger partial charge in [0.15, 0.2) is 0 Å². The van der Waals surface area contributed by atoms with E-state index in [1.807, 2.05) is 0 Å². The van der Waals surface area contributed by atoms with Crippen molar-refractivity contribution in [1.82, 2.24) is 0 Å². The molecule has 0 N–H and O–H groups in total. The third-order valence-electron chi connectivity index (χ3n) is 6.05. The van der Waals surface area contributed by atoms with E-state index in [9.17, 15) is 9.59 Å². The zero-order chi connectivity index (χ0) is 20.1. The third-order valence-corrected chi connectivity index (χ3v) is 12.2. The van der Waals surface area contributed by atoms with Gasteiger partial charge in [-0.1, -0.05) is 48.5 Å². The van der Waals surface area contributed by atoms with Crippen molar-refractivity contribution in [1.29, 1.82) is 0 Å². The quantitative estimate of drug-likeness (QED) is 0.332. The second kappa shape index (κ2) is 9.99. The maximum atomic E-state index is 11.8. The summed E-state index contributed by atoms with van der Waals surface area (Å²) in [5.41, 5.74) is 1.46. The number of aldehydes is 1. The lowest BCUT2D eigenvalue weighted by atomic mass is 9.88. The van der Waals surface area contributed by atoms with Crippen LogP contribution in [0, 0.1) is 5.92 Å². The number of esters is 1. The molecule has 0 aromatic carbocycles. The van der Waals surface area contributed by atoms with E-state index in [4.69, 9.17) is 13.9 Å². The molecule has 6 heteroatoms. The normalized spacial score (nSPS) is 27.2. The Morgan fingerprint density at radius 2 is 1.69 bits per heavy atom. The summed E-state index contributed by atoms with van der Waals surface area (Å²) < 4.78 is 17.9. The number of hydrogen-bond donors (Lipinski definition) is 0. The number of carbonyl (C=O) groups is 2. The molecule has 152 valence electrons. The molecule has 0 radical (unpaired) electrons. The molecule has 0 spiro atoms. The second-order valence-corrected chi connectivity index (χ2v) is 14.0. The number of rotatable bonds is 9. The number of carbonyl (C=O) groups excluding carboxylic acids is 2. The number of hydrogen-bond acceptors (Lipinski definition) is 5. The lowest BCUT2D eigenvalue weighted by molar-refractivity contribution is -0.158. The Morgan fingerprint density at radius 1 is 1.15 bits per heavy atom. The van der Waals surface area contributed by atoms with E-state index in [1.165, 1.54) is 7.11 Å². The first-order valence-corrected chi connectivity index (χ1v) is 12.1. The van der Waals surface area contributed by atoms with Gasteiger partial charge in [0, 0.05) is 12.3 Å². The molecule has 0 bridgehead atoms. The molecule has 4 atom stereocenters. The highest BCUT2D eigenvalue weighted by Crippen LogP contribution is 2.45. The SMILES string of the molecule is COC(=O)C[C@H]1O[C@@H](CC=O)C[C@@H](O[Si](C(C)C)(C(C)C)C(C)C)[C@@H]1C. The van der Waals surface area contributed by atoms with E-state index < -0.39 is 8.32 Å². The largest absolute Gasteiger partial charge is 0.469 e. The van der Waals surface area contributed by atoms with Gasteiger partial charge in [-0.3, -0.25) is 4.79 Å². The number of methoxy groups -OCH3 is 1. The molecule has 1 saturated heterocycles. The van der Waals surface area contributed by atoms with Crippen LogP contribution < -0.4 is 0 Å². The van der Waals surface area contributed by atoms with Gasteiger partial charge < -0.3 is 18.7 Å². The smallest absolute Gasteiger partial charge is 0.308 e. The van der Waals surface area contributed by atoms with Gasteiger partial charge in [-0.2, -0.15) is 0 Å². The van der Waals surface area contributed by atoms with Gasteiger partial charge in [-0.25, -0.2) is 0 Å². The Bertz CT molecular complexity index is 441. The van der Waals surface area contributed by atoms with Crippen LogP contribution in [-0.4, -0.2) is 46.0 Å². The molecule has 26 heavy (non-hydrogen) atoms. The van der Waals surface area contributed by atoms with Crippen LogP contribution in [0.15, 0.2) is 0 Å². The van der Waals surface area contributed by atoms with E-state index >= 15 is 0 Å². The summed E-state index contributed by atoms with van der Waals surface area (Å²) in [5, 5.41) is 0. The maximum Gasteiger partial charge on any atom is 0.308 e. The first-order chi connectivity index (χ1) is 12.1. The fourth-order valence-electron chi connectivity index (χ4n) is 4.71. The fraction of sp³-hybridized carbons (Fsp3) is 0.900. The predicted molar refractivity (Wildman–Crippen MR) is 106 cm³/mol. The molecule has 0 aromatic heterocycles. The molecule has 1 aliphatic heterocycles. The van der Waals surface area contributed by atoms with Crippen LogP contribution in [0.4, 0.5) is 0 Å². The molecule has 0 aromatic rings. The lowest BCUT2D eigenvalue weighted by Gasteiger charge is -2.49. The van der Waals surface area contributed by atoms with Crippen molar-refractivity contribution in [3.63, 3.8) is 0 Å². The molecule has 1 rings (SSSR count). The van der Waals surface area contributed by atoms with Crippen LogP contribution in [0.3, 0.4) is 0 Å². The summed E-state index contributed by atoms with van der Waals surface area (Å²) in [6.45, 7) is 15.7. The molecular weight excluding hydrogens is 348 g/mol. The minimum atomic E-state index is -2.05. The van der Waals surface area contributed by atoms with Gasteiger partial charge >= 0.3 is 5.97 Å². The summed E-state index contributed by atoms with van der Waals surface area (Å²) in [4.78, 5) is 22.9. The topological polar surface area (TPSA) is 61.8 Å². The first kappa shape index (κ1) is 23.3. The molecule has 1 fully saturated rings. The third kappa shape index (κ3) is 5.17. The van der Waals surface area contributed by atoms with Crippen LogP contribution in [0.25, 0.3) is 0 Å². The average molecular weight is 387 g/mol. The minimum absolute atomic E-state index is 0.00206. The van der Waals surface area contributed by atoms with Crippen LogP contribution in [0.5, 0.6) is 0 Å². The molecule has 0 amide bonds. The molecular formula is C20H38O5Si. The van der Waals surface area contributed by atoms with E-state index in [0.29, 0.717) is 29.5 Å². The second-order valence-electron chi connectivity index (χ2n) is 8.55. The Morgan fingerprint density at radius 3 is 2.12 bits per heavy atom. The summed E-state index contributed by atoms with van der Waals surface area (Å²) in [7, 11) is -0.657. The monoisotopic (exact) mass is 386 g/mol. The minimum Gasteiger partial charge on any atom is -0.469 e. The molecule has 0 aliphatic carbocycles. The zero-order valence-corrected chi connectivity index (χ0v) is 18.8. The number of ether oxygens (including phenoxy) is 2. The van der Waals surface area contributed by atoms with E-state index in [-0.39, 0.29) is 36.6 Å². The van der Waals surface area contributed by atoms with Gasteiger partial charge in [-0.15, -0.1) is 0 Å². The van der Waals surface area contributed by atoms with Crippen molar-refractivity contribution in [2.24, 2.45) is 5.92 Å². The Hall–Kier alpha value is -0.723. The summed E-state index contributed by atoms with van der Waals surface area (Å²) in [6, 6.07) is 0. The molecule has 5 nitrogen and oxygen atoms in total. The van der Waals surface area contributed by atoms with Crippen molar-refractivity contribution in [2.75, 3.05) is 7.11 Å². The Kier molecular flexibility index (Phi) is 8.96. The zero-order valence-electron chi connectivity index (χ0n) is 17.8. The van der Waals surface area contributed by atoms with Gasteiger partial charge in [0.25, 0.3) is 0 Å². The highest BCUT2D eigenvalue weighted by molar-refractivity contribution is 6.77. The van der Waals surface area contributed by atoms with E-state index in [1.54, 1.807) is 0 Å². The maximum absolute atomic E-state index is 11.8. The highest BCUT2D eigenvalue weighted by atomic mass is 28.4. The average Bonchev–Trinajstić information content (AvgIpc) is 2.55.